The molecule has 0 aliphatic heterocycles. The van der Waals surface area contributed by atoms with Gasteiger partial charge >= 0.3 is 0 Å². The van der Waals surface area contributed by atoms with Crippen LogP contribution in [-0.4, -0.2) is 11.5 Å². The number of hydrogen-bond acceptors (Lipinski definition) is 3. The summed E-state index contributed by atoms with van der Waals surface area (Å²) in [5.41, 5.74) is 8.09. The third kappa shape index (κ3) is 2.98. The molecule has 0 atom stereocenters. The predicted octanol–water partition coefficient (Wildman–Crippen LogP) is 3.34. The molecule has 1 aliphatic carbocycles. The van der Waals surface area contributed by atoms with Gasteiger partial charge in [-0.05, 0) is 47.7 Å². The van der Waals surface area contributed by atoms with E-state index in [2.05, 4.69) is 32.3 Å². The molecule has 1 aromatic heterocycles. The van der Waals surface area contributed by atoms with Crippen molar-refractivity contribution in [3.63, 3.8) is 0 Å². The van der Waals surface area contributed by atoms with Crippen LogP contribution in [0.15, 0.2) is 28.4 Å². The van der Waals surface area contributed by atoms with Crippen molar-refractivity contribution in [2.75, 3.05) is 17.6 Å². The Bertz CT molecular complexity index is 401. The van der Waals surface area contributed by atoms with E-state index in [0.29, 0.717) is 5.69 Å². The standard InChI is InChI=1S/C12H16BrN3/c13-10-7-11(14)12(16-8-10)15-6-5-9-3-1-2-4-9/h3,7-8H,1-2,4-6,14H2,(H,15,16). The van der Waals surface area contributed by atoms with Gasteiger partial charge in [0.2, 0.25) is 0 Å². The topological polar surface area (TPSA) is 50.9 Å². The minimum absolute atomic E-state index is 0.690. The molecule has 16 heavy (non-hydrogen) atoms. The minimum Gasteiger partial charge on any atom is -0.396 e. The summed E-state index contributed by atoms with van der Waals surface area (Å²) in [6.45, 7) is 0.907. The van der Waals surface area contributed by atoms with E-state index < -0.39 is 0 Å². The third-order valence-electron chi connectivity index (χ3n) is 2.76. The van der Waals surface area contributed by atoms with Crippen LogP contribution in [0.5, 0.6) is 0 Å². The molecule has 1 aromatic rings. The molecule has 0 amide bonds. The van der Waals surface area contributed by atoms with E-state index in [1.54, 1.807) is 11.8 Å². The molecule has 0 bridgehead atoms. The highest BCUT2D eigenvalue weighted by Crippen LogP contribution is 2.22. The van der Waals surface area contributed by atoms with E-state index >= 15 is 0 Å². The Balaban J connectivity index is 1.84. The summed E-state index contributed by atoms with van der Waals surface area (Å²) in [4.78, 5) is 4.24. The second-order valence-corrected chi connectivity index (χ2v) is 4.94. The van der Waals surface area contributed by atoms with Gasteiger partial charge in [0, 0.05) is 17.2 Å². The Morgan fingerprint density at radius 2 is 2.38 bits per heavy atom. The first-order chi connectivity index (χ1) is 7.75. The molecule has 0 aromatic carbocycles. The highest BCUT2D eigenvalue weighted by molar-refractivity contribution is 9.10. The van der Waals surface area contributed by atoms with Crippen LogP contribution >= 0.6 is 15.9 Å². The summed E-state index contributed by atoms with van der Waals surface area (Å²) >= 11 is 3.34. The third-order valence-corrected chi connectivity index (χ3v) is 3.19. The van der Waals surface area contributed by atoms with Crippen molar-refractivity contribution >= 4 is 27.4 Å². The largest absolute Gasteiger partial charge is 0.396 e. The number of anilines is 2. The summed E-state index contributed by atoms with van der Waals surface area (Å²) in [6, 6.07) is 1.87. The van der Waals surface area contributed by atoms with Crippen molar-refractivity contribution in [2.24, 2.45) is 0 Å². The summed E-state index contributed by atoms with van der Waals surface area (Å²) in [7, 11) is 0. The lowest BCUT2D eigenvalue weighted by atomic mass is 10.2. The predicted molar refractivity (Wildman–Crippen MR) is 71.4 cm³/mol. The lowest BCUT2D eigenvalue weighted by Crippen LogP contribution is -2.06. The van der Waals surface area contributed by atoms with Crippen molar-refractivity contribution < 1.29 is 0 Å². The van der Waals surface area contributed by atoms with Gasteiger partial charge < -0.3 is 11.1 Å². The lowest BCUT2D eigenvalue weighted by Gasteiger charge is -2.08. The van der Waals surface area contributed by atoms with Crippen molar-refractivity contribution in [1.29, 1.82) is 0 Å². The maximum atomic E-state index is 5.85. The molecular formula is C12H16BrN3. The minimum atomic E-state index is 0.690. The Kier molecular flexibility index (Phi) is 3.83. The van der Waals surface area contributed by atoms with Crippen LogP contribution in [0.25, 0.3) is 0 Å². The van der Waals surface area contributed by atoms with Crippen molar-refractivity contribution in [1.82, 2.24) is 4.98 Å². The van der Waals surface area contributed by atoms with E-state index in [1.807, 2.05) is 6.07 Å². The molecular weight excluding hydrogens is 266 g/mol. The molecule has 2 rings (SSSR count). The van der Waals surface area contributed by atoms with E-state index in [1.165, 1.54) is 19.3 Å². The van der Waals surface area contributed by atoms with Crippen molar-refractivity contribution in [3.05, 3.63) is 28.4 Å². The highest BCUT2D eigenvalue weighted by atomic mass is 79.9. The van der Waals surface area contributed by atoms with E-state index in [0.717, 1.165) is 23.3 Å². The molecule has 86 valence electrons. The molecule has 0 unspecified atom stereocenters. The van der Waals surface area contributed by atoms with Crippen LogP contribution in [-0.2, 0) is 0 Å². The number of nitrogen functional groups attached to an aromatic ring is 1. The Morgan fingerprint density at radius 3 is 3.06 bits per heavy atom. The zero-order chi connectivity index (χ0) is 11.4. The average Bonchev–Trinajstić information content (AvgIpc) is 2.74. The summed E-state index contributed by atoms with van der Waals surface area (Å²) < 4.78 is 0.911. The quantitative estimate of drug-likeness (QED) is 0.833. The van der Waals surface area contributed by atoms with Crippen molar-refractivity contribution in [2.45, 2.75) is 25.7 Å². The van der Waals surface area contributed by atoms with Crippen LogP contribution in [0.3, 0.4) is 0 Å². The van der Waals surface area contributed by atoms with Gasteiger partial charge in [-0.15, -0.1) is 0 Å². The summed E-state index contributed by atoms with van der Waals surface area (Å²) in [5, 5.41) is 3.27. The highest BCUT2D eigenvalue weighted by Gasteiger charge is 2.05. The van der Waals surface area contributed by atoms with E-state index in [4.69, 9.17) is 5.73 Å². The zero-order valence-electron chi connectivity index (χ0n) is 9.17. The normalized spacial score (nSPS) is 14.9. The molecule has 1 heterocycles. The Morgan fingerprint density at radius 1 is 1.50 bits per heavy atom. The van der Waals surface area contributed by atoms with Crippen molar-refractivity contribution in [3.8, 4) is 0 Å². The van der Waals surface area contributed by atoms with Crippen LogP contribution in [0.1, 0.15) is 25.7 Å². The number of nitrogens with two attached hydrogens (primary N) is 1. The first kappa shape index (κ1) is 11.5. The van der Waals surface area contributed by atoms with Crippen LogP contribution in [0, 0.1) is 0 Å². The van der Waals surface area contributed by atoms with Gasteiger partial charge in [-0.1, -0.05) is 11.6 Å². The van der Waals surface area contributed by atoms with Gasteiger partial charge in [0.25, 0.3) is 0 Å². The molecule has 4 heteroatoms. The first-order valence-corrected chi connectivity index (χ1v) is 6.38. The Hall–Kier alpha value is -1.03. The van der Waals surface area contributed by atoms with Gasteiger partial charge in [-0.25, -0.2) is 4.98 Å². The lowest BCUT2D eigenvalue weighted by molar-refractivity contribution is 0.862. The van der Waals surface area contributed by atoms with E-state index in [9.17, 15) is 0 Å². The fourth-order valence-electron chi connectivity index (χ4n) is 1.91. The van der Waals surface area contributed by atoms with Gasteiger partial charge in [0.1, 0.15) is 5.82 Å². The molecule has 1 aliphatic rings. The summed E-state index contributed by atoms with van der Waals surface area (Å²) in [6.07, 6.45) is 9.01. The molecule has 0 saturated carbocycles. The fourth-order valence-corrected chi connectivity index (χ4v) is 2.26. The SMILES string of the molecule is Nc1cc(Br)cnc1NCCC1=CCCC1. The first-order valence-electron chi connectivity index (χ1n) is 5.58. The number of pyridine rings is 1. The van der Waals surface area contributed by atoms with Gasteiger partial charge in [-0.3, -0.25) is 0 Å². The van der Waals surface area contributed by atoms with Gasteiger partial charge in [0.15, 0.2) is 0 Å². The summed E-state index contributed by atoms with van der Waals surface area (Å²) in [5.74, 6) is 0.779. The zero-order valence-corrected chi connectivity index (χ0v) is 10.8. The van der Waals surface area contributed by atoms with E-state index in [-0.39, 0.29) is 0 Å². The maximum absolute atomic E-state index is 5.85. The van der Waals surface area contributed by atoms with Gasteiger partial charge in [0.05, 0.1) is 5.69 Å². The van der Waals surface area contributed by atoms with Crippen LogP contribution in [0.2, 0.25) is 0 Å². The van der Waals surface area contributed by atoms with Crippen LogP contribution in [0.4, 0.5) is 11.5 Å². The number of allylic oxidation sites excluding steroid dienone is 1. The second kappa shape index (κ2) is 5.34. The fraction of sp³-hybridized carbons (Fsp3) is 0.417. The number of aromatic nitrogens is 1. The second-order valence-electron chi connectivity index (χ2n) is 4.02. The average molecular weight is 282 g/mol. The Labute approximate surface area is 104 Å². The maximum Gasteiger partial charge on any atom is 0.149 e. The molecule has 0 saturated heterocycles. The molecule has 0 fully saturated rings. The number of halogens is 1. The molecule has 3 N–H and O–H groups in total. The molecule has 0 radical (unpaired) electrons. The number of rotatable bonds is 4. The molecule has 3 nitrogen and oxygen atoms in total. The molecule has 0 spiro atoms. The number of hydrogen-bond donors (Lipinski definition) is 2. The smallest absolute Gasteiger partial charge is 0.149 e. The van der Waals surface area contributed by atoms with Crippen LogP contribution < -0.4 is 11.1 Å². The monoisotopic (exact) mass is 281 g/mol. The number of nitrogens with one attached hydrogen (secondary N) is 1. The number of nitrogens with zero attached hydrogens (tertiary/aromatic N) is 1. The van der Waals surface area contributed by atoms with Gasteiger partial charge in [-0.2, -0.15) is 0 Å².